The lowest BCUT2D eigenvalue weighted by molar-refractivity contribution is 0.355. The van der Waals surface area contributed by atoms with E-state index in [-0.39, 0.29) is 0 Å². The summed E-state index contributed by atoms with van der Waals surface area (Å²) in [5, 5.41) is 0. The van der Waals surface area contributed by atoms with Gasteiger partial charge in [0.15, 0.2) is 0 Å². The number of hydrogen-bond acceptors (Lipinski definition) is 3. The van der Waals surface area contributed by atoms with E-state index in [1.165, 1.54) is 13.7 Å². The maximum atomic E-state index is 14.3. The lowest BCUT2D eigenvalue weighted by Crippen LogP contribution is -2.62. The molecule has 6 nitrogen and oxygen atoms in total. The van der Waals surface area contributed by atoms with Gasteiger partial charge in [0.2, 0.25) is 0 Å². The average Bonchev–Trinajstić information content (AvgIpc) is 3.79. The van der Waals surface area contributed by atoms with E-state index in [0.29, 0.717) is 38.5 Å². The van der Waals surface area contributed by atoms with Gasteiger partial charge in [0.1, 0.15) is 0 Å². The third-order valence-electron chi connectivity index (χ3n) is 8.54. The van der Waals surface area contributed by atoms with Crippen molar-refractivity contribution in [2.75, 3.05) is 0 Å². The molecule has 3 aliphatic rings. The molecular formula is C30H27N3O3. The molecule has 1 heterocycles. The summed E-state index contributed by atoms with van der Waals surface area (Å²) in [7, 11) is 0. The highest BCUT2D eigenvalue weighted by Gasteiger charge is 2.56. The largest absolute Gasteiger partial charge is 0.337 e. The smallest absolute Gasteiger partial charge is 0.247 e. The zero-order valence-corrected chi connectivity index (χ0v) is 20.0. The Morgan fingerprint density at radius 2 is 0.611 bits per heavy atom. The summed E-state index contributed by atoms with van der Waals surface area (Å²) in [4.78, 5) is 42.8. The average molecular weight is 478 g/mol. The van der Waals surface area contributed by atoms with E-state index < -0.39 is 33.7 Å². The van der Waals surface area contributed by atoms with E-state index >= 15 is 0 Å². The van der Waals surface area contributed by atoms with Gasteiger partial charge in [-0.15, -0.1) is 0 Å². The van der Waals surface area contributed by atoms with Crippen LogP contribution in [0.2, 0.25) is 0 Å². The van der Waals surface area contributed by atoms with Gasteiger partial charge in [-0.3, -0.25) is 0 Å². The van der Waals surface area contributed by atoms with Gasteiger partial charge in [0, 0.05) is 0 Å². The number of hydrogen-bond donors (Lipinski definition) is 0. The highest BCUT2D eigenvalue weighted by Crippen LogP contribution is 2.51. The highest BCUT2D eigenvalue weighted by molar-refractivity contribution is 5.36. The van der Waals surface area contributed by atoms with Gasteiger partial charge < -0.3 is 0 Å². The Kier molecular flexibility index (Phi) is 4.33. The molecule has 1 aromatic heterocycles. The summed E-state index contributed by atoms with van der Waals surface area (Å²) >= 11 is 0. The predicted molar refractivity (Wildman–Crippen MR) is 137 cm³/mol. The van der Waals surface area contributed by atoms with E-state index in [0.717, 1.165) is 16.7 Å². The first-order chi connectivity index (χ1) is 17.5. The Balaban J connectivity index is 1.56. The molecule has 180 valence electrons. The molecule has 3 saturated carbocycles. The van der Waals surface area contributed by atoms with Crippen molar-refractivity contribution in [2.24, 2.45) is 0 Å². The molecular weight excluding hydrogens is 450 g/mol. The summed E-state index contributed by atoms with van der Waals surface area (Å²) in [5.41, 5.74) is -0.807. The van der Waals surface area contributed by atoms with Crippen LogP contribution in [0, 0.1) is 0 Å². The summed E-state index contributed by atoms with van der Waals surface area (Å²) in [5.74, 6) is 0. The molecule has 0 radical (unpaired) electrons. The first-order valence-corrected chi connectivity index (χ1v) is 12.7. The minimum absolute atomic E-state index is 0.493. The van der Waals surface area contributed by atoms with Crippen LogP contribution in [0.5, 0.6) is 0 Å². The Labute approximate surface area is 208 Å². The van der Waals surface area contributed by atoms with E-state index in [1.54, 1.807) is 0 Å². The molecule has 0 aliphatic heterocycles. The first-order valence-electron chi connectivity index (χ1n) is 12.7. The molecule has 7 rings (SSSR count). The van der Waals surface area contributed by atoms with Crippen molar-refractivity contribution in [1.29, 1.82) is 0 Å². The van der Waals surface area contributed by atoms with Crippen LogP contribution in [0.4, 0.5) is 0 Å². The minimum atomic E-state index is -0.716. The second-order valence-electron chi connectivity index (χ2n) is 10.5. The lowest BCUT2D eigenvalue weighted by atomic mass is 10.0. The van der Waals surface area contributed by atoms with Gasteiger partial charge in [-0.2, -0.15) is 0 Å². The van der Waals surface area contributed by atoms with Crippen molar-refractivity contribution in [1.82, 2.24) is 13.7 Å². The fourth-order valence-corrected chi connectivity index (χ4v) is 6.17. The molecule has 0 amide bonds. The Morgan fingerprint density at radius 3 is 0.806 bits per heavy atom. The van der Waals surface area contributed by atoms with Crippen LogP contribution in [0.1, 0.15) is 55.2 Å². The van der Waals surface area contributed by atoms with Crippen LogP contribution in [-0.2, 0) is 16.6 Å². The first kappa shape index (κ1) is 21.4. The van der Waals surface area contributed by atoms with Crippen molar-refractivity contribution in [3.63, 3.8) is 0 Å². The summed E-state index contributed by atoms with van der Waals surface area (Å²) in [6, 6.07) is 29.3. The predicted octanol–water partition coefficient (Wildman–Crippen LogP) is 3.78. The van der Waals surface area contributed by atoms with Crippen LogP contribution in [0.25, 0.3) is 0 Å². The van der Waals surface area contributed by atoms with Gasteiger partial charge in [-0.05, 0) is 55.2 Å². The quantitative estimate of drug-likeness (QED) is 0.425. The van der Waals surface area contributed by atoms with E-state index in [2.05, 4.69) is 0 Å². The number of nitrogens with zero attached hydrogens (tertiary/aromatic N) is 3. The van der Waals surface area contributed by atoms with Gasteiger partial charge in [0.25, 0.3) is 0 Å². The molecule has 36 heavy (non-hydrogen) atoms. The Hall–Kier alpha value is -3.93. The lowest BCUT2D eigenvalue weighted by Gasteiger charge is -2.28. The molecule has 3 aliphatic carbocycles. The molecule has 6 heteroatoms. The number of rotatable bonds is 6. The maximum absolute atomic E-state index is 14.3. The molecule has 0 spiro atoms. The van der Waals surface area contributed by atoms with Gasteiger partial charge in [0.05, 0.1) is 16.6 Å². The van der Waals surface area contributed by atoms with Crippen LogP contribution in [-0.4, -0.2) is 13.7 Å². The topological polar surface area (TPSA) is 66.0 Å². The van der Waals surface area contributed by atoms with E-state index in [9.17, 15) is 14.4 Å². The number of aromatic nitrogens is 3. The van der Waals surface area contributed by atoms with Crippen molar-refractivity contribution < 1.29 is 0 Å². The molecule has 3 fully saturated rings. The van der Waals surface area contributed by atoms with Crippen molar-refractivity contribution in [2.45, 2.75) is 55.1 Å². The molecule has 3 aromatic carbocycles. The van der Waals surface area contributed by atoms with Crippen molar-refractivity contribution in [3.8, 4) is 0 Å². The molecule has 0 bridgehead atoms. The zero-order valence-electron chi connectivity index (χ0n) is 20.0. The van der Waals surface area contributed by atoms with E-state index in [4.69, 9.17) is 0 Å². The highest BCUT2D eigenvalue weighted by atomic mass is 16.2. The minimum Gasteiger partial charge on any atom is -0.247 e. The zero-order chi connectivity index (χ0) is 24.5. The SMILES string of the molecule is O=c1n(C2(c3ccccc3)CC2)c(=O)n(C2(c3ccccc3)CC2)c(=O)n1C1(c2ccccc2)CC1. The second kappa shape index (κ2) is 7.29. The monoisotopic (exact) mass is 477 g/mol. The second-order valence-corrected chi connectivity index (χ2v) is 10.5. The standard InChI is InChI=1S/C30H27N3O3/c34-25-31(28(16-17-28)22-10-4-1-5-11-22)26(35)33(30(20-21-30)24-14-8-3-9-15-24)27(36)32(25)29(18-19-29)23-12-6-2-7-13-23/h1-15H,16-21H2. The van der Waals surface area contributed by atoms with Gasteiger partial charge >= 0.3 is 17.1 Å². The molecule has 0 unspecified atom stereocenters. The fourth-order valence-electron chi connectivity index (χ4n) is 6.17. The maximum Gasteiger partial charge on any atom is 0.337 e. The van der Waals surface area contributed by atoms with Gasteiger partial charge in [-0.25, -0.2) is 28.1 Å². The third kappa shape index (κ3) is 2.81. The molecule has 0 atom stereocenters. The van der Waals surface area contributed by atoms with Crippen LogP contribution < -0.4 is 17.1 Å². The Morgan fingerprint density at radius 1 is 0.389 bits per heavy atom. The van der Waals surface area contributed by atoms with Crippen LogP contribution >= 0.6 is 0 Å². The molecule has 0 saturated heterocycles. The summed E-state index contributed by atoms with van der Waals surface area (Å²) in [6.45, 7) is 0. The fraction of sp³-hybridized carbons (Fsp3) is 0.300. The van der Waals surface area contributed by atoms with Crippen molar-refractivity contribution in [3.05, 3.63) is 139 Å². The number of benzene rings is 3. The molecule has 4 aromatic rings. The van der Waals surface area contributed by atoms with E-state index in [1.807, 2.05) is 91.0 Å². The van der Waals surface area contributed by atoms with Crippen LogP contribution in [0.3, 0.4) is 0 Å². The van der Waals surface area contributed by atoms with Crippen LogP contribution in [0.15, 0.2) is 105 Å². The molecule has 0 N–H and O–H groups in total. The third-order valence-corrected chi connectivity index (χ3v) is 8.54. The van der Waals surface area contributed by atoms with Gasteiger partial charge in [-0.1, -0.05) is 91.0 Å². The summed E-state index contributed by atoms with van der Waals surface area (Å²) in [6.07, 6.45) is 4.17. The normalized spacial score (nSPS) is 20.0. The summed E-state index contributed by atoms with van der Waals surface area (Å²) < 4.78 is 4.24. The van der Waals surface area contributed by atoms with Crippen molar-refractivity contribution >= 4 is 0 Å². The Bertz CT molecular complexity index is 1410.